The highest BCUT2D eigenvalue weighted by Gasteiger charge is 2.12. The lowest BCUT2D eigenvalue weighted by molar-refractivity contribution is -0.136. The van der Waals surface area contributed by atoms with E-state index in [1.54, 1.807) is 12.1 Å². The van der Waals surface area contributed by atoms with Crippen molar-refractivity contribution in [1.82, 2.24) is 4.37 Å². The standard InChI is InChI=1S/C9H7NO3S/c11-6-2-1-3-7-9(6)5(10-14-7)4-8(12)13/h1-3,11H,4H2,(H,12,13). The fourth-order valence-electron chi connectivity index (χ4n) is 1.30. The molecule has 2 rings (SSSR count). The maximum absolute atomic E-state index is 10.5. The summed E-state index contributed by atoms with van der Waals surface area (Å²) in [6.45, 7) is 0. The second kappa shape index (κ2) is 3.26. The number of aliphatic carboxylic acids is 1. The largest absolute Gasteiger partial charge is 0.507 e. The molecule has 2 N–H and O–H groups in total. The third-order valence-electron chi connectivity index (χ3n) is 1.87. The number of hydrogen-bond donors (Lipinski definition) is 2. The Kier molecular flexibility index (Phi) is 2.09. The smallest absolute Gasteiger partial charge is 0.309 e. The maximum Gasteiger partial charge on any atom is 0.309 e. The van der Waals surface area contributed by atoms with Crippen LogP contribution in [0.4, 0.5) is 0 Å². The van der Waals surface area contributed by atoms with Gasteiger partial charge in [0.15, 0.2) is 0 Å². The summed E-state index contributed by atoms with van der Waals surface area (Å²) in [7, 11) is 0. The first-order valence-electron chi connectivity index (χ1n) is 3.96. The molecule has 14 heavy (non-hydrogen) atoms. The third kappa shape index (κ3) is 1.42. The Morgan fingerprint density at radius 1 is 1.50 bits per heavy atom. The molecule has 0 radical (unpaired) electrons. The minimum absolute atomic E-state index is 0.0903. The van der Waals surface area contributed by atoms with E-state index >= 15 is 0 Å². The second-order valence-corrected chi connectivity index (χ2v) is 3.66. The molecule has 1 aromatic carbocycles. The van der Waals surface area contributed by atoms with E-state index < -0.39 is 5.97 Å². The Hall–Kier alpha value is -1.62. The first-order chi connectivity index (χ1) is 6.68. The van der Waals surface area contributed by atoms with Crippen molar-refractivity contribution in [2.45, 2.75) is 6.42 Å². The lowest BCUT2D eigenvalue weighted by Crippen LogP contribution is -2.00. The lowest BCUT2D eigenvalue weighted by Gasteiger charge is -1.95. The number of phenolic OH excluding ortho intramolecular Hbond substituents is 1. The maximum atomic E-state index is 10.5. The van der Waals surface area contributed by atoms with Crippen molar-refractivity contribution in [3.05, 3.63) is 23.9 Å². The average molecular weight is 209 g/mol. The molecule has 0 aliphatic rings. The molecule has 72 valence electrons. The zero-order chi connectivity index (χ0) is 10.1. The van der Waals surface area contributed by atoms with Crippen molar-refractivity contribution in [3.8, 4) is 5.75 Å². The van der Waals surface area contributed by atoms with Gasteiger partial charge in [0, 0.05) is 0 Å². The number of carboxylic acid groups (broad SMARTS) is 1. The molecule has 0 fully saturated rings. The highest BCUT2D eigenvalue weighted by Crippen LogP contribution is 2.30. The molecule has 0 saturated carbocycles. The van der Waals surface area contributed by atoms with E-state index in [0.29, 0.717) is 11.1 Å². The molecule has 0 unspecified atom stereocenters. The molecule has 2 aromatic rings. The number of carboxylic acids is 1. The van der Waals surface area contributed by atoms with Crippen molar-refractivity contribution >= 4 is 27.6 Å². The number of carbonyl (C=O) groups is 1. The fourth-order valence-corrected chi connectivity index (χ4v) is 2.12. The molecule has 5 heteroatoms. The van der Waals surface area contributed by atoms with Crippen LogP contribution < -0.4 is 0 Å². The van der Waals surface area contributed by atoms with Gasteiger partial charge in [-0.25, -0.2) is 0 Å². The highest BCUT2D eigenvalue weighted by atomic mass is 32.1. The zero-order valence-corrected chi connectivity index (χ0v) is 7.91. The number of aromatic hydroxyl groups is 1. The molecule has 0 saturated heterocycles. The molecule has 1 aromatic heterocycles. The summed E-state index contributed by atoms with van der Waals surface area (Å²) >= 11 is 1.20. The SMILES string of the molecule is O=C(O)Cc1nsc2cccc(O)c12. The van der Waals surface area contributed by atoms with E-state index in [4.69, 9.17) is 5.11 Å². The van der Waals surface area contributed by atoms with Crippen LogP contribution in [0.3, 0.4) is 0 Å². The van der Waals surface area contributed by atoms with Crippen molar-refractivity contribution in [2.75, 3.05) is 0 Å². The van der Waals surface area contributed by atoms with E-state index in [0.717, 1.165) is 4.70 Å². The third-order valence-corrected chi connectivity index (χ3v) is 2.71. The second-order valence-electron chi connectivity index (χ2n) is 2.85. The van der Waals surface area contributed by atoms with Gasteiger partial charge in [0.2, 0.25) is 0 Å². The van der Waals surface area contributed by atoms with Gasteiger partial charge in [-0.2, -0.15) is 4.37 Å². The Balaban J connectivity index is 2.61. The first-order valence-corrected chi connectivity index (χ1v) is 4.74. The predicted molar refractivity (Wildman–Crippen MR) is 52.6 cm³/mol. The van der Waals surface area contributed by atoms with E-state index in [9.17, 15) is 9.90 Å². The molecule has 0 atom stereocenters. The van der Waals surface area contributed by atoms with Gasteiger partial charge >= 0.3 is 5.97 Å². The molecule has 0 aliphatic heterocycles. The van der Waals surface area contributed by atoms with Crippen LogP contribution in [-0.2, 0) is 11.2 Å². The van der Waals surface area contributed by atoms with Gasteiger partial charge < -0.3 is 10.2 Å². The molecular formula is C9H7NO3S. The van der Waals surface area contributed by atoms with Crippen LogP contribution >= 0.6 is 11.5 Å². The van der Waals surface area contributed by atoms with Crippen LogP contribution in [0.1, 0.15) is 5.69 Å². The number of rotatable bonds is 2. The summed E-state index contributed by atoms with van der Waals surface area (Å²) < 4.78 is 4.80. The van der Waals surface area contributed by atoms with Crippen molar-refractivity contribution in [1.29, 1.82) is 0 Å². The Morgan fingerprint density at radius 2 is 2.29 bits per heavy atom. The zero-order valence-electron chi connectivity index (χ0n) is 7.10. The number of benzene rings is 1. The Labute approximate surface area is 83.6 Å². The van der Waals surface area contributed by atoms with Crippen molar-refractivity contribution in [3.63, 3.8) is 0 Å². The molecule has 4 nitrogen and oxygen atoms in total. The minimum Gasteiger partial charge on any atom is -0.507 e. The summed E-state index contributed by atoms with van der Waals surface area (Å²) in [5, 5.41) is 18.7. The summed E-state index contributed by atoms with van der Waals surface area (Å²) in [4.78, 5) is 10.5. The normalized spacial score (nSPS) is 10.6. The van der Waals surface area contributed by atoms with E-state index in [2.05, 4.69) is 4.37 Å². The van der Waals surface area contributed by atoms with Gasteiger partial charge in [0.25, 0.3) is 0 Å². The van der Waals surface area contributed by atoms with Gasteiger partial charge in [-0.15, -0.1) is 0 Å². The molecule has 0 bridgehead atoms. The van der Waals surface area contributed by atoms with Crippen LogP contribution in [0.15, 0.2) is 18.2 Å². The number of fused-ring (bicyclic) bond motifs is 1. The Morgan fingerprint density at radius 3 is 3.00 bits per heavy atom. The molecular weight excluding hydrogens is 202 g/mol. The summed E-state index contributed by atoms with van der Waals surface area (Å²) in [6, 6.07) is 5.04. The van der Waals surface area contributed by atoms with Gasteiger partial charge in [0.1, 0.15) is 5.75 Å². The van der Waals surface area contributed by atoms with Crippen molar-refractivity contribution < 1.29 is 15.0 Å². The van der Waals surface area contributed by atoms with E-state index in [1.165, 1.54) is 17.6 Å². The van der Waals surface area contributed by atoms with E-state index in [1.807, 2.05) is 0 Å². The summed E-state index contributed by atoms with van der Waals surface area (Å²) in [6.07, 6.45) is -0.155. The number of nitrogens with zero attached hydrogens (tertiary/aromatic N) is 1. The van der Waals surface area contributed by atoms with Gasteiger partial charge in [-0.05, 0) is 23.7 Å². The molecule has 0 amide bonds. The number of phenols is 1. The summed E-state index contributed by atoms with van der Waals surface area (Å²) in [5.41, 5.74) is 0.426. The van der Waals surface area contributed by atoms with Crippen LogP contribution in [0.2, 0.25) is 0 Å². The predicted octanol–water partition coefficient (Wildman–Crippen LogP) is 1.63. The quantitative estimate of drug-likeness (QED) is 0.788. The highest BCUT2D eigenvalue weighted by molar-refractivity contribution is 7.13. The number of hydrogen-bond acceptors (Lipinski definition) is 4. The van der Waals surface area contributed by atoms with Crippen LogP contribution in [0.25, 0.3) is 10.1 Å². The van der Waals surface area contributed by atoms with Gasteiger partial charge in [0.05, 0.1) is 22.2 Å². The fraction of sp³-hybridized carbons (Fsp3) is 0.111. The van der Waals surface area contributed by atoms with Gasteiger partial charge in [-0.3, -0.25) is 4.79 Å². The first kappa shape index (κ1) is 8.96. The monoisotopic (exact) mass is 209 g/mol. The van der Waals surface area contributed by atoms with Gasteiger partial charge in [-0.1, -0.05) is 6.07 Å². The van der Waals surface area contributed by atoms with Crippen LogP contribution in [0.5, 0.6) is 5.75 Å². The van der Waals surface area contributed by atoms with Crippen molar-refractivity contribution in [2.24, 2.45) is 0 Å². The minimum atomic E-state index is -0.944. The number of aromatic nitrogens is 1. The summed E-state index contributed by atoms with van der Waals surface area (Å²) in [5.74, 6) is -0.854. The average Bonchev–Trinajstić information content (AvgIpc) is 2.49. The van der Waals surface area contributed by atoms with Crippen LogP contribution in [0, 0.1) is 0 Å². The van der Waals surface area contributed by atoms with E-state index in [-0.39, 0.29) is 12.2 Å². The topological polar surface area (TPSA) is 70.4 Å². The molecule has 0 spiro atoms. The Bertz CT molecular complexity index is 492. The lowest BCUT2D eigenvalue weighted by atomic mass is 10.1. The molecule has 1 heterocycles. The van der Waals surface area contributed by atoms with Crippen LogP contribution in [-0.4, -0.2) is 20.6 Å². The molecule has 0 aliphatic carbocycles.